The number of benzene rings is 1. The SMILES string of the molecule is Cc1ccc(CN2CC[C@@](CCc3ccc(C#N)cc3)(C3OCC3(F)F)C2)nn1. The molecule has 2 aliphatic rings. The van der Waals surface area contributed by atoms with E-state index in [4.69, 9.17) is 10.00 Å². The van der Waals surface area contributed by atoms with Crippen LogP contribution in [0, 0.1) is 23.7 Å². The van der Waals surface area contributed by atoms with Crippen molar-refractivity contribution in [3.05, 3.63) is 58.9 Å². The third kappa shape index (κ3) is 4.14. The van der Waals surface area contributed by atoms with Crippen LogP contribution in [0.4, 0.5) is 8.78 Å². The lowest BCUT2D eigenvalue weighted by atomic mass is 9.72. The van der Waals surface area contributed by atoms with Crippen molar-refractivity contribution in [2.24, 2.45) is 5.41 Å². The minimum atomic E-state index is -2.77. The van der Waals surface area contributed by atoms with Crippen LogP contribution >= 0.6 is 0 Å². The van der Waals surface area contributed by atoms with E-state index in [2.05, 4.69) is 21.2 Å². The number of likely N-dealkylation sites (tertiary alicyclic amines) is 1. The van der Waals surface area contributed by atoms with Gasteiger partial charge in [0, 0.05) is 18.5 Å². The van der Waals surface area contributed by atoms with Gasteiger partial charge in [0.1, 0.15) is 12.7 Å². The highest BCUT2D eigenvalue weighted by Gasteiger charge is 2.61. The molecule has 0 aliphatic carbocycles. The van der Waals surface area contributed by atoms with Gasteiger partial charge in [0.2, 0.25) is 0 Å². The Kier molecular flexibility index (Phi) is 5.32. The first-order valence-corrected chi connectivity index (χ1v) is 9.90. The van der Waals surface area contributed by atoms with Crippen molar-refractivity contribution >= 4 is 0 Å². The number of ether oxygens (including phenoxy) is 1. The van der Waals surface area contributed by atoms with Crippen molar-refractivity contribution in [1.82, 2.24) is 15.1 Å². The predicted molar refractivity (Wildman–Crippen MR) is 103 cm³/mol. The summed E-state index contributed by atoms with van der Waals surface area (Å²) in [6.07, 6.45) is 0.931. The molecule has 0 amide bonds. The third-order valence-corrected chi connectivity index (χ3v) is 6.08. The molecule has 1 aromatic carbocycles. The van der Waals surface area contributed by atoms with Gasteiger partial charge in [0.15, 0.2) is 0 Å². The molecule has 1 unspecified atom stereocenters. The second-order valence-electron chi connectivity index (χ2n) is 8.25. The van der Waals surface area contributed by atoms with E-state index in [1.165, 1.54) is 0 Å². The summed E-state index contributed by atoms with van der Waals surface area (Å²) in [6, 6.07) is 13.3. The number of nitrogens with zero attached hydrogens (tertiary/aromatic N) is 4. The number of hydrogen-bond donors (Lipinski definition) is 0. The zero-order valence-corrected chi connectivity index (χ0v) is 16.4. The molecule has 2 aromatic rings. The summed E-state index contributed by atoms with van der Waals surface area (Å²) in [4.78, 5) is 2.18. The van der Waals surface area contributed by atoms with E-state index in [0.717, 1.165) is 23.5 Å². The number of halogens is 2. The Hall–Kier alpha value is -2.43. The summed E-state index contributed by atoms with van der Waals surface area (Å²) in [5.41, 5.74) is 2.76. The molecule has 0 radical (unpaired) electrons. The van der Waals surface area contributed by atoms with E-state index >= 15 is 0 Å². The van der Waals surface area contributed by atoms with Crippen molar-refractivity contribution in [3.8, 4) is 6.07 Å². The van der Waals surface area contributed by atoms with Crippen LogP contribution in [0.5, 0.6) is 0 Å². The summed E-state index contributed by atoms with van der Waals surface area (Å²) in [5.74, 6) is -2.77. The number of nitriles is 1. The van der Waals surface area contributed by atoms with Gasteiger partial charge in [0.05, 0.1) is 23.0 Å². The van der Waals surface area contributed by atoms with Gasteiger partial charge in [-0.3, -0.25) is 4.90 Å². The van der Waals surface area contributed by atoms with Gasteiger partial charge in [-0.1, -0.05) is 12.1 Å². The highest BCUT2D eigenvalue weighted by Crippen LogP contribution is 2.50. The maximum Gasteiger partial charge on any atom is 0.297 e. The maximum atomic E-state index is 14.3. The Morgan fingerprint density at radius 1 is 1.21 bits per heavy atom. The van der Waals surface area contributed by atoms with Gasteiger partial charge in [-0.2, -0.15) is 15.5 Å². The molecule has 1 aromatic heterocycles. The Morgan fingerprint density at radius 3 is 2.59 bits per heavy atom. The first kappa shape index (κ1) is 19.9. The number of aromatic nitrogens is 2. The first-order valence-electron chi connectivity index (χ1n) is 9.90. The van der Waals surface area contributed by atoms with Gasteiger partial charge < -0.3 is 4.74 Å². The lowest BCUT2D eigenvalue weighted by molar-refractivity contribution is -0.301. The minimum absolute atomic E-state index is 0.486. The van der Waals surface area contributed by atoms with E-state index in [1.54, 1.807) is 12.1 Å². The lowest BCUT2D eigenvalue weighted by Gasteiger charge is -2.48. The topological polar surface area (TPSA) is 62.0 Å². The standard InChI is InChI=1S/C22H24F2N4O/c1-16-2-7-19(27-26-16)13-28-11-10-21(14-28,20-22(23,24)15-29-20)9-8-17-3-5-18(12-25)6-4-17/h2-7,20H,8-11,13-15H2,1H3/t20?,21-/m1/s1. The Morgan fingerprint density at radius 2 is 2.00 bits per heavy atom. The molecule has 4 rings (SSSR count). The second kappa shape index (κ2) is 7.77. The molecule has 3 heterocycles. The van der Waals surface area contributed by atoms with Gasteiger partial charge >= 0.3 is 0 Å². The van der Waals surface area contributed by atoms with Gasteiger partial charge in [-0.05, 0) is 62.6 Å². The fraction of sp³-hybridized carbons (Fsp3) is 0.500. The first-order chi connectivity index (χ1) is 13.9. The molecule has 7 heteroatoms. The van der Waals surface area contributed by atoms with Gasteiger partial charge in [-0.15, -0.1) is 0 Å². The number of hydrogen-bond acceptors (Lipinski definition) is 5. The number of rotatable bonds is 6. The van der Waals surface area contributed by atoms with Crippen LogP contribution in [0.15, 0.2) is 36.4 Å². The molecule has 2 atom stereocenters. The molecular formula is C22H24F2N4O. The normalized spacial score (nSPS) is 26.1. The molecule has 2 saturated heterocycles. The smallest absolute Gasteiger partial charge is 0.297 e. The zero-order valence-electron chi connectivity index (χ0n) is 16.4. The summed E-state index contributed by atoms with van der Waals surface area (Å²) in [5, 5.41) is 17.2. The molecule has 0 bridgehead atoms. The van der Waals surface area contributed by atoms with Crippen LogP contribution in [0.3, 0.4) is 0 Å². The Bertz CT molecular complexity index is 895. The molecule has 0 N–H and O–H groups in total. The molecule has 152 valence electrons. The van der Waals surface area contributed by atoms with Crippen LogP contribution in [-0.4, -0.2) is 46.8 Å². The van der Waals surface area contributed by atoms with Crippen LogP contribution in [-0.2, 0) is 17.7 Å². The maximum absolute atomic E-state index is 14.3. The third-order valence-electron chi connectivity index (χ3n) is 6.08. The number of aryl methyl sites for hydroxylation is 2. The summed E-state index contributed by atoms with van der Waals surface area (Å²) < 4.78 is 34.1. The quantitative estimate of drug-likeness (QED) is 0.745. The molecular weight excluding hydrogens is 374 g/mol. The minimum Gasteiger partial charge on any atom is -0.365 e. The fourth-order valence-electron chi connectivity index (χ4n) is 4.46. The van der Waals surface area contributed by atoms with E-state index in [0.29, 0.717) is 37.9 Å². The monoisotopic (exact) mass is 398 g/mol. The van der Waals surface area contributed by atoms with Crippen molar-refractivity contribution < 1.29 is 13.5 Å². The van der Waals surface area contributed by atoms with Crippen LogP contribution in [0.1, 0.15) is 35.4 Å². The van der Waals surface area contributed by atoms with Crippen molar-refractivity contribution in [2.45, 2.75) is 44.8 Å². The Labute approximate surface area is 169 Å². The molecule has 5 nitrogen and oxygen atoms in total. The highest BCUT2D eigenvalue weighted by molar-refractivity contribution is 5.31. The van der Waals surface area contributed by atoms with Crippen molar-refractivity contribution in [2.75, 3.05) is 19.7 Å². The predicted octanol–water partition coefficient (Wildman–Crippen LogP) is 3.52. The van der Waals surface area contributed by atoms with Crippen molar-refractivity contribution in [1.29, 1.82) is 5.26 Å². The van der Waals surface area contributed by atoms with E-state index in [1.807, 2.05) is 31.2 Å². The summed E-state index contributed by atoms with van der Waals surface area (Å²) >= 11 is 0. The average Bonchev–Trinajstić information content (AvgIpc) is 3.11. The van der Waals surface area contributed by atoms with Crippen LogP contribution < -0.4 is 0 Å². The molecule has 2 aliphatic heterocycles. The fourth-order valence-corrected chi connectivity index (χ4v) is 4.46. The summed E-state index contributed by atoms with van der Waals surface area (Å²) in [6.45, 7) is 3.29. The van der Waals surface area contributed by atoms with E-state index in [9.17, 15) is 8.78 Å². The number of alkyl halides is 2. The molecule has 0 spiro atoms. The molecule has 0 saturated carbocycles. The van der Waals surface area contributed by atoms with E-state index in [-0.39, 0.29) is 0 Å². The second-order valence-corrected chi connectivity index (χ2v) is 8.25. The summed E-state index contributed by atoms with van der Waals surface area (Å²) in [7, 11) is 0. The largest absolute Gasteiger partial charge is 0.365 e. The van der Waals surface area contributed by atoms with Gasteiger partial charge in [-0.25, -0.2) is 8.78 Å². The van der Waals surface area contributed by atoms with Crippen molar-refractivity contribution in [3.63, 3.8) is 0 Å². The van der Waals surface area contributed by atoms with Crippen LogP contribution in [0.25, 0.3) is 0 Å². The Balaban J connectivity index is 1.48. The lowest BCUT2D eigenvalue weighted by Crippen LogP contribution is -2.61. The van der Waals surface area contributed by atoms with E-state index < -0.39 is 24.0 Å². The average molecular weight is 398 g/mol. The highest BCUT2D eigenvalue weighted by atomic mass is 19.3. The molecule has 29 heavy (non-hydrogen) atoms. The zero-order chi connectivity index (χ0) is 20.5. The van der Waals surface area contributed by atoms with Gasteiger partial charge in [0.25, 0.3) is 5.92 Å². The molecule has 2 fully saturated rings. The van der Waals surface area contributed by atoms with Crippen LogP contribution in [0.2, 0.25) is 0 Å².